The van der Waals surface area contributed by atoms with Crippen LogP contribution in [0.5, 0.6) is 0 Å². The number of aromatic carboxylic acids is 1. The van der Waals surface area contributed by atoms with E-state index >= 15 is 0 Å². The third-order valence-electron chi connectivity index (χ3n) is 3.26. The zero-order chi connectivity index (χ0) is 14.7. The quantitative estimate of drug-likeness (QED) is 0.927. The van der Waals surface area contributed by atoms with E-state index in [2.05, 4.69) is 37.0 Å². The summed E-state index contributed by atoms with van der Waals surface area (Å²) in [6.07, 6.45) is 1.50. The summed E-state index contributed by atoms with van der Waals surface area (Å²) in [7, 11) is 1.95. The molecule has 0 spiro atoms. The second kappa shape index (κ2) is 5.74. The van der Waals surface area contributed by atoms with E-state index in [4.69, 9.17) is 5.11 Å². The number of carboxylic acid groups (broad SMARTS) is 1. The van der Waals surface area contributed by atoms with Crippen molar-refractivity contribution >= 4 is 11.7 Å². The van der Waals surface area contributed by atoms with Gasteiger partial charge in [-0.3, -0.25) is 0 Å². The summed E-state index contributed by atoms with van der Waals surface area (Å²) < 4.78 is 0. The van der Waals surface area contributed by atoms with Crippen LogP contribution in [0.3, 0.4) is 0 Å². The Morgan fingerprint density at radius 1 is 1.30 bits per heavy atom. The minimum absolute atomic E-state index is 0.115. The van der Waals surface area contributed by atoms with E-state index in [-0.39, 0.29) is 5.69 Å². The highest BCUT2D eigenvalue weighted by Gasteiger charge is 2.13. The van der Waals surface area contributed by atoms with Crippen LogP contribution in [0.15, 0.2) is 36.5 Å². The van der Waals surface area contributed by atoms with Crippen LogP contribution in [0, 0.1) is 13.8 Å². The highest BCUT2D eigenvalue weighted by molar-refractivity contribution is 5.87. The molecule has 2 rings (SSSR count). The number of aryl methyl sites for hydroxylation is 2. The Balaban J connectivity index is 2.28. The normalized spacial score (nSPS) is 10.3. The Morgan fingerprint density at radius 2 is 2.05 bits per heavy atom. The summed E-state index contributed by atoms with van der Waals surface area (Å²) >= 11 is 0. The minimum atomic E-state index is -0.991. The molecule has 0 unspecified atom stereocenters. The second-order valence-electron chi connectivity index (χ2n) is 4.96. The molecule has 1 N–H and O–H groups in total. The van der Waals surface area contributed by atoms with Gasteiger partial charge in [0.05, 0.1) is 0 Å². The first-order chi connectivity index (χ1) is 9.49. The SMILES string of the molecule is Cc1ccc(N(C)Cc2cccnc2C(=O)O)c(C)c1. The molecule has 0 fully saturated rings. The molecule has 0 aliphatic rings. The summed E-state index contributed by atoms with van der Waals surface area (Å²) in [6, 6.07) is 9.79. The van der Waals surface area contributed by atoms with Crippen LogP contribution in [0.1, 0.15) is 27.2 Å². The van der Waals surface area contributed by atoms with Crippen molar-refractivity contribution in [3.8, 4) is 0 Å². The van der Waals surface area contributed by atoms with Crippen LogP contribution in [0.25, 0.3) is 0 Å². The van der Waals surface area contributed by atoms with E-state index in [0.717, 1.165) is 5.69 Å². The molecular weight excluding hydrogens is 252 g/mol. The Hall–Kier alpha value is -2.36. The zero-order valence-electron chi connectivity index (χ0n) is 11.9. The molecule has 0 bridgehead atoms. The number of carbonyl (C=O) groups is 1. The number of hydrogen-bond donors (Lipinski definition) is 1. The lowest BCUT2D eigenvalue weighted by atomic mass is 10.1. The topological polar surface area (TPSA) is 53.4 Å². The predicted molar refractivity (Wildman–Crippen MR) is 79.2 cm³/mol. The van der Waals surface area contributed by atoms with Crippen LogP contribution in [-0.4, -0.2) is 23.1 Å². The van der Waals surface area contributed by atoms with Gasteiger partial charge >= 0.3 is 5.97 Å². The van der Waals surface area contributed by atoms with Crippen molar-refractivity contribution in [3.05, 3.63) is 58.9 Å². The predicted octanol–water partition coefficient (Wildman–Crippen LogP) is 3.03. The molecule has 1 aromatic carbocycles. The molecule has 104 valence electrons. The fraction of sp³-hybridized carbons (Fsp3) is 0.250. The largest absolute Gasteiger partial charge is 0.477 e. The van der Waals surface area contributed by atoms with E-state index in [1.165, 1.54) is 17.3 Å². The maximum Gasteiger partial charge on any atom is 0.354 e. The number of aromatic nitrogens is 1. The van der Waals surface area contributed by atoms with Crippen LogP contribution < -0.4 is 4.90 Å². The lowest BCUT2D eigenvalue weighted by molar-refractivity contribution is 0.0689. The number of rotatable bonds is 4. The first-order valence-electron chi connectivity index (χ1n) is 6.44. The molecular formula is C16H18N2O2. The van der Waals surface area contributed by atoms with E-state index in [1.54, 1.807) is 12.1 Å². The fourth-order valence-corrected chi connectivity index (χ4v) is 2.33. The molecule has 0 saturated carbocycles. The van der Waals surface area contributed by atoms with Gasteiger partial charge in [-0.25, -0.2) is 9.78 Å². The summed E-state index contributed by atoms with van der Waals surface area (Å²) in [4.78, 5) is 17.1. The Labute approximate surface area is 118 Å². The third kappa shape index (κ3) is 2.96. The minimum Gasteiger partial charge on any atom is -0.477 e. The van der Waals surface area contributed by atoms with E-state index in [1.807, 2.05) is 11.9 Å². The molecule has 0 aliphatic heterocycles. The Kier molecular flexibility index (Phi) is 4.03. The van der Waals surface area contributed by atoms with E-state index in [0.29, 0.717) is 12.1 Å². The van der Waals surface area contributed by atoms with Crippen molar-refractivity contribution in [3.63, 3.8) is 0 Å². The second-order valence-corrected chi connectivity index (χ2v) is 4.96. The number of carboxylic acids is 1. The van der Waals surface area contributed by atoms with Gasteiger partial charge in [-0.05, 0) is 31.5 Å². The first-order valence-corrected chi connectivity index (χ1v) is 6.44. The molecule has 0 radical (unpaired) electrons. The molecule has 0 aliphatic carbocycles. The Bertz CT molecular complexity index is 638. The third-order valence-corrected chi connectivity index (χ3v) is 3.26. The average Bonchev–Trinajstić information content (AvgIpc) is 2.38. The van der Waals surface area contributed by atoms with Gasteiger partial charge in [0, 0.05) is 31.0 Å². The number of benzene rings is 1. The highest BCUT2D eigenvalue weighted by atomic mass is 16.4. The lowest BCUT2D eigenvalue weighted by Gasteiger charge is -2.22. The van der Waals surface area contributed by atoms with Crippen LogP contribution in [0.4, 0.5) is 5.69 Å². The van der Waals surface area contributed by atoms with Crippen molar-refractivity contribution in [2.24, 2.45) is 0 Å². The molecule has 1 heterocycles. The lowest BCUT2D eigenvalue weighted by Crippen LogP contribution is -2.20. The molecule has 2 aromatic rings. The van der Waals surface area contributed by atoms with Crippen molar-refractivity contribution in [2.45, 2.75) is 20.4 Å². The number of hydrogen-bond acceptors (Lipinski definition) is 3. The number of anilines is 1. The maximum atomic E-state index is 11.2. The molecule has 0 atom stereocenters. The van der Waals surface area contributed by atoms with Crippen LogP contribution in [0.2, 0.25) is 0 Å². The zero-order valence-corrected chi connectivity index (χ0v) is 11.9. The average molecular weight is 270 g/mol. The van der Waals surface area contributed by atoms with Gasteiger partial charge in [0.1, 0.15) is 0 Å². The van der Waals surface area contributed by atoms with Crippen molar-refractivity contribution < 1.29 is 9.90 Å². The standard InChI is InChI=1S/C16H18N2O2/c1-11-6-7-14(12(2)9-11)18(3)10-13-5-4-8-17-15(13)16(19)20/h4-9H,10H2,1-3H3,(H,19,20). The van der Waals surface area contributed by atoms with Crippen molar-refractivity contribution in [2.75, 3.05) is 11.9 Å². The number of pyridine rings is 1. The summed E-state index contributed by atoms with van der Waals surface area (Å²) in [6.45, 7) is 4.62. The van der Waals surface area contributed by atoms with Gasteiger partial charge in [-0.15, -0.1) is 0 Å². The van der Waals surface area contributed by atoms with Gasteiger partial charge < -0.3 is 10.0 Å². The first kappa shape index (κ1) is 14.1. The summed E-state index contributed by atoms with van der Waals surface area (Å²) in [5.41, 5.74) is 4.31. The molecule has 20 heavy (non-hydrogen) atoms. The van der Waals surface area contributed by atoms with Gasteiger partial charge in [0.2, 0.25) is 0 Å². The monoisotopic (exact) mass is 270 g/mol. The van der Waals surface area contributed by atoms with Gasteiger partial charge in [0.25, 0.3) is 0 Å². The van der Waals surface area contributed by atoms with Crippen molar-refractivity contribution in [1.82, 2.24) is 4.98 Å². The maximum absolute atomic E-state index is 11.2. The van der Waals surface area contributed by atoms with Gasteiger partial charge in [-0.2, -0.15) is 0 Å². The summed E-state index contributed by atoms with van der Waals surface area (Å²) in [5.74, 6) is -0.991. The molecule has 1 aromatic heterocycles. The number of nitrogens with zero attached hydrogens (tertiary/aromatic N) is 2. The van der Waals surface area contributed by atoms with Crippen LogP contribution >= 0.6 is 0 Å². The summed E-state index contributed by atoms with van der Waals surface area (Å²) in [5, 5.41) is 9.16. The molecule has 0 amide bonds. The Morgan fingerprint density at radius 3 is 2.70 bits per heavy atom. The molecule has 4 nitrogen and oxygen atoms in total. The highest BCUT2D eigenvalue weighted by Crippen LogP contribution is 2.22. The molecule has 4 heteroatoms. The van der Waals surface area contributed by atoms with Gasteiger partial charge in [0.15, 0.2) is 5.69 Å². The van der Waals surface area contributed by atoms with E-state index < -0.39 is 5.97 Å². The molecule has 0 saturated heterocycles. The van der Waals surface area contributed by atoms with E-state index in [9.17, 15) is 4.79 Å². The van der Waals surface area contributed by atoms with Crippen molar-refractivity contribution in [1.29, 1.82) is 0 Å². The fourth-order valence-electron chi connectivity index (χ4n) is 2.33. The smallest absolute Gasteiger partial charge is 0.354 e. The van der Waals surface area contributed by atoms with Gasteiger partial charge in [-0.1, -0.05) is 23.8 Å². The van der Waals surface area contributed by atoms with Crippen LogP contribution in [-0.2, 0) is 6.54 Å².